The van der Waals surface area contributed by atoms with E-state index in [0.29, 0.717) is 0 Å². The van der Waals surface area contributed by atoms with Crippen molar-refractivity contribution in [1.82, 2.24) is 0 Å². The van der Waals surface area contributed by atoms with Crippen LogP contribution in [0.3, 0.4) is 0 Å². The molecule has 1 heteroatoms. The van der Waals surface area contributed by atoms with E-state index in [9.17, 15) is 0 Å². The minimum Gasteiger partial charge on any atom is -0.0885 e. The Balaban J connectivity index is 2.68. The molecular weight excluding hydrogens is 160 g/mol. The summed E-state index contributed by atoms with van der Waals surface area (Å²) >= 11 is 0. The molecule has 0 saturated heterocycles. The van der Waals surface area contributed by atoms with E-state index in [4.69, 9.17) is 0 Å². The summed E-state index contributed by atoms with van der Waals surface area (Å²) in [5, 5.41) is 0. The van der Waals surface area contributed by atoms with Crippen molar-refractivity contribution in [3.8, 4) is 0 Å². The Kier molecular flexibility index (Phi) is 3.57. The van der Waals surface area contributed by atoms with Gasteiger partial charge in [0.2, 0.25) is 0 Å². The molecule has 0 spiro atoms. The predicted octanol–water partition coefficient (Wildman–Crippen LogP) is 4.22. The lowest BCUT2D eigenvalue weighted by Crippen LogP contribution is -2.35. The van der Waals surface area contributed by atoms with Crippen molar-refractivity contribution < 1.29 is 0 Å². The SMILES string of the molecule is CC[Si](CC)(CC)[C@H]1C=CCC1. The molecule has 0 unspecified atom stereocenters. The Hall–Kier alpha value is -0.0431. The zero-order chi connectivity index (χ0) is 9.03. The van der Waals surface area contributed by atoms with Gasteiger partial charge in [-0.1, -0.05) is 51.1 Å². The first-order valence-corrected chi connectivity index (χ1v) is 8.15. The highest BCUT2D eigenvalue weighted by atomic mass is 28.3. The van der Waals surface area contributed by atoms with Crippen LogP contribution >= 0.6 is 0 Å². The van der Waals surface area contributed by atoms with E-state index in [1.54, 1.807) is 0 Å². The zero-order valence-electron chi connectivity index (χ0n) is 8.77. The number of hydrogen-bond donors (Lipinski definition) is 0. The maximum absolute atomic E-state index is 2.52. The largest absolute Gasteiger partial charge is 0.0885 e. The summed E-state index contributed by atoms with van der Waals surface area (Å²) in [7, 11) is -0.871. The highest BCUT2D eigenvalue weighted by Crippen LogP contribution is 2.40. The van der Waals surface area contributed by atoms with E-state index >= 15 is 0 Å². The average Bonchev–Trinajstić information content (AvgIpc) is 2.62. The summed E-state index contributed by atoms with van der Waals surface area (Å²) < 4.78 is 0. The Morgan fingerprint density at radius 1 is 1.17 bits per heavy atom. The van der Waals surface area contributed by atoms with Gasteiger partial charge in [0.05, 0.1) is 8.07 Å². The molecule has 0 amide bonds. The topological polar surface area (TPSA) is 0 Å². The van der Waals surface area contributed by atoms with E-state index < -0.39 is 8.07 Å². The predicted molar refractivity (Wildman–Crippen MR) is 59.3 cm³/mol. The smallest absolute Gasteiger partial charge is 0.0597 e. The molecule has 0 aromatic heterocycles. The molecule has 0 aromatic rings. The molecule has 0 saturated carbocycles. The number of hydrogen-bond acceptors (Lipinski definition) is 0. The second-order valence-electron chi connectivity index (χ2n) is 4.04. The maximum atomic E-state index is 2.52. The van der Waals surface area contributed by atoms with E-state index in [1.807, 2.05) is 0 Å². The monoisotopic (exact) mass is 182 g/mol. The Morgan fingerprint density at radius 3 is 2.08 bits per heavy atom. The van der Waals surface area contributed by atoms with Crippen LogP contribution in [0.15, 0.2) is 12.2 Å². The molecular formula is C11H22Si. The van der Waals surface area contributed by atoms with Gasteiger partial charge in [-0.25, -0.2) is 0 Å². The fourth-order valence-corrected chi connectivity index (χ4v) is 7.08. The van der Waals surface area contributed by atoms with Crippen LogP contribution in [0.5, 0.6) is 0 Å². The van der Waals surface area contributed by atoms with Crippen LogP contribution in [0.4, 0.5) is 0 Å². The minimum absolute atomic E-state index is 0.871. The summed E-state index contributed by atoms with van der Waals surface area (Å²) in [6.45, 7) is 7.22. The lowest BCUT2D eigenvalue weighted by atomic mass is 10.4. The zero-order valence-corrected chi connectivity index (χ0v) is 9.77. The van der Waals surface area contributed by atoms with Crippen molar-refractivity contribution in [1.29, 1.82) is 0 Å². The van der Waals surface area contributed by atoms with Crippen molar-refractivity contribution in [2.24, 2.45) is 0 Å². The summed E-state index contributed by atoms with van der Waals surface area (Å²) in [6, 6.07) is 4.44. The molecule has 1 rings (SSSR count). The standard InChI is InChI=1S/C11H22Si/c1-4-12(5-2,6-3)11-9-7-8-10-11/h7,9,11H,4-6,8,10H2,1-3H3/t11-/m0/s1. The molecule has 1 atom stereocenters. The van der Waals surface area contributed by atoms with Gasteiger partial charge >= 0.3 is 0 Å². The summed E-state index contributed by atoms with van der Waals surface area (Å²) in [5.41, 5.74) is 1.01. The van der Waals surface area contributed by atoms with Gasteiger partial charge < -0.3 is 0 Å². The van der Waals surface area contributed by atoms with Gasteiger partial charge in [-0.3, -0.25) is 0 Å². The van der Waals surface area contributed by atoms with Crippen molar-refractivity contribution in [2.75, 3.05) is 0 Å². The molecule has 1 aliphatic carbocycles. The summed E-state index contributed by atoms with van der Waals surface area (Å²) in [5.74, 6) is 0. The van der Waals surface area contributed by atoms with E-state index in [2.05, 4.69) is 32.9 Å². The van der Waals surface area contributed by atoms with Crippen molar-refractivity contribution >= 4 is 8.07 Å². The first-order chi connectivity index (χ1) is 5.79. The first-order valence-electron chi connectivity index (χ1n) is 5.45. The number of rotatable bonds is 4. The second kappa shape index (κ2) is 4.27. The Labute approximate surface area is 78.1 Å². The van der Waals surface area contributed by atoms with Crippen LogP contribution in [0.25, 0.3) is 0 Å². The van der Waals surface area contributed by atoms with Gasteiger partial charge in [0.25, 0.3) is 0 Å². The van der Waals surface area contributed by atoms with Crippen molar-refractivity contribution in [3.63, 3.8) is 0 Å². The normalized spacial score (nSPS) is 23.4. The Morgan fingerprint density at radius 2 is 1.75 bits per heavy atom. The lowest BCUT2D eigenvalue weighted by Gasteiger charge is -2.33. The highest BCUT2D eigenvalue weighted by Gasteiger charge is 2.35. The summed E-state index contributed by atoms with van der Waals surface area (Å²) in [6.07, 6.45) is 7.72. The van der Waals surface area contributed by atoms with Gasteiger partial charge in [0, 0.05) is 0 Å². The second-order valence-corrected chi connectivity index (χ2v) is 9.62. The summed E-state index contributed by atoms with van der Waals surface area (Å²) in [4.78, 5) is 0. The highest BCUT2D eigenvalue weighted by molar-refractivity contribution is 6.81. The van der Waals surface area contributed by atoms with Gasteiger partial charge in [-0.05, 0) is 18.4 Å². The molecule has 12 heavy (non-hydrogen) atoms. The third-order valence-electron chi connectivity index (χ3n) is 3.91. The van der Waals surface area contributed by atoms with Crippen LogP contribution in [0, 0.1) is 0 Å². The molecule has 0 radical (unpaired) electrons. The van der Waals surface area contributed by atoms with E-state index in [-0.39, 0.29) is 0 Å². The third kappa shape index (κ3) is 1.66. The van der Waals surface area contributed by atoms with Gasteiger partial charge in [0.1, 0.15) is 0 Å². The van der Waals surface area contributed by atoms with Crippen LogP contribution < -0.4 is 0 Å². The molecule has 0 heterocycles. The minimum atomic E-state index is -0.871. The molecule has 0 N–H and O–H groups in total. The van der Waals surface area contributed by atoms with Gasteiger partial charge in [-0.2, -0.15) is 0 Å². The van der Waals surface area contributed by atoms with Crippen LogP contribution in [-0.2, 0) is 0 Å². The fourth-order valence-electron chi connectivity index (χ4n) is 2.68. The maximum Gasteiger partial charge on any atom is 0.0597 e. The average molecular weight is 182 g/mol. The molecule has 0 nitrogen and oxygen atoms in total. The van der Waals surface area contributed by atoms with Crippen LogP contribution in [0.1, 0.15) is 33.6 Å². The molecule has 70 valence electrons. The third-order valence-corrected chi connectivity index (χ3v) is 10.2. The molecule has 0 fully saturated rings. The first kappa shape index (κ1) is 10.0. The van der Waals surface area contributed by atoms with E-state index in [0.717, 1.165) is 5.54 Å². The quantitative estimate of drug-likeness (QED) is 0.451. The van der Waals surface area contributed by atoms with Crippen molar-refractivity contribution in [2.45, 2.75) is 57.3 Å². The van der Waals surface area contributed by atoms with E-state index in [1.165, 1.54) is 31.0 Å². The molecule has 0 aromatic carbocycles. The molecule has 0 bridgehead atoms. The van der Waals surface area contributed by atoms with Crippen molar-refractivity contribution in [3.05, 3.63) is 12.2 Å². The number of allylic oxidation sites excluding steroid dienone is 2. The molecule has 1 aliphatic rings. The van der Waals surface area contributed by atoms with Crippen LogP contribution in [-0.4, -0.2) is 8.07 Å². The lowest BCUT2D eigenvalue weighted by molar-refractivity contribution is 0.864. The fraction of sp³-hybridized carbons (Fsp3) is 0.818. The van der Waals surface area contributed by atoms with Crippen LogP contribution in [0.2, 0.25) is 23.7 Å². The van der Waals surface area contributed by atoms with Gasteiger partial charge in [0.15, 0.2) is 0 Å². The molecule has 0 aliphatic heterocycles. The van der Waals surface area contributed by atoms with Gasteiger partial charge in [-0.15, -0.1) is 0 Å². The Bertz CT molecular complexity index is 148.